The first-order valence-electron chi connectivity index (χ1n) is 9.99. The van der Waals surface area contributed by atoms with Crippen LogP contribution in [0.15, 0.2) is 24.3 Å². The van der Waals surface area contributed by atoms with Gasteiger partial charge in [0.25, 0.3) is 0 Å². The van der Waals surface area contributed by atoms with Gasteiger partial charge in [-0.15, -0.1) is 11.3 Å². The minimum atomic E-state index is -0.514. The fraction of sp³-hybridized carbons (Fsp3) is 0.545. The number of hydrogen-bond acceptors (Lipinski definition) is 5. The lowest BCUT2D eigenvalue weighted by atomic mass is 9.98. The van der Waals surface area contributed by atoms with E-state index in [1.54, 1.807) is 16.2 Å². The van der Waals surface area contributed by atoms with Gasteiger partial charge in [0, 0.05) is 24.6 Å². The van der Waals surface area contributed by atoms with Crippen LogP contribution in [0, 0.1) is 5.92 Å². The minimum Gasteiger partial charge on any atom is -0.443 e. The highest BCUT2D eigenvalue weighted by Crippen LogP contribution is 2.35. The first-order chi connectivity index (χ1) is 13.3. The van der Waals surface area contributed by atoms with Crippen molar-refractivity contribution in [3.63, 3.8) is 0 Å². The number of carbonyl (C=O) groups excluding carboxylic acids is 1. The Morgan fingerprint density at radius 3 is 2.89 bits per heavy atom. The van der Waals surface area contributed by atoms with Crippen molar-refractivity contribution in [3.8, 4) is 0 Å². The van der Waals surface area contributed by atoms with E-state index in [0.29, 0.717) is 18.4 Å². The number of thiazole rings is 1. The topological polar surface area (TPSA) is 51.7 Å². The molecule has 150 valence electrons. The van der Waals surface area contributed by atoms with Crippen LogP contribution in [0.3, 0.4) is 0 Å². The second-order valence-electron chi connectivity index (χ2n) is 8.82. The number of fused-ring (bicyclic) bond motifs is 1. The number of ether oxygens (including phenoxy) is 2. The number of rotatable bonds is 2. The number of hydrogen-bond donors (Lipinski definition) is 0. The van der Waals surface area contributed by atoms with E-state index in [0.717, 1.165) is 47.8 Å². The lowest BCUT2D eigenvalue weighted by Gasteiger charge is -2.33. The Hall–Kier alpha value is -1.92. The average Bonchev–Trinajstić information content (AvgIpc) is 3.28. The molecule has 1 amide bonds. The second-order valence-corrected chi connectivity index (χ2v) is 9.88. The molecule has 0 saturated carbocycles. The standard InChI is InChI=1S/C22H28N2O3S/c1-14-5-7-18(24(12-14)21(25)27-22(2,3)4)15-6-8-19-17(11-15)23-20(28-19)16-9-10-26-13-16/h6-8,11,14,16H,5,9-10,12-13H2,1-4H3/t14-,16?/m0/s1. The molecule has 1 saturated heterocycles. The first kappa shape index (κ1) is 19.4. The van der Waals surface area contributed by atoms with Gasteiger partial charge in [-0.05, 0) is 51.7 Å². The van der Waals surface area contributed by atoms with Gasteiger partial charge in [0.05, 0.1) is 27.5 Å². The number of benzene rings is 1. The lowest BCUT2D eigenvalue weighted by Crippen LogP contribution is -2.39. The van der Waals surface area contributed by atoms with Gasteiger partial charge in [-0.1, -0.05) is 19.1 Å². The van der Waals surface area contributed by atoms with Crippen LogP contribution in [0.25, 0.3) is 15.9 Å². The Morgan fingerprint density at radius 2 is 2.18 bits per heavy atom. The summed E-state index contributed by atoms with van der Waals surface area (Å²) in [5.74, 6) is 0.821. The smallest absolute Gasteiger partial charge is 0.414 e. The molecule has 5 nitrogen and oxygen atoms in total. The van der Waals surface area contributed by atoms with E-state index in [1.807, 2.05) is 20.8 Å². The molecule has 6 heteroatoms. The van der Waals surface area contributed by atoms with Crippen molar-refractivity contribution in [2.75, 3.05) is 19.8 Å². The maximum absolute atomic E-state index is 12.8. The zero-order valence-electron chi connectivity index (χ0n) is 17.0. The molecule has 2 aliphatic rings. The molecule has 2 atom stereocenters. The zero-order chi connectivity index (χ0) is 19.9. The fourth-order valence-corrected chi connectivity index (χ4v) is 4.75. The zero-order valence-corrected chi connectivity index (χ0v) is 17.8. The van der Waals surface area contributed by atoms with Crippen molar-refractivity contribution in [2.45, 2.75) is 52.1 Å². The third-order valence-corrected chi connectivity index (χ3v) is 6.29. The van der Waals surface area contributed by atoms with Crippen molar-refractivity contribution in [1.82, 2.24) is 9.88 Å². The van der Waals surface area contributed by atoms with Crippen LogP contribution in [-0.2, 0) is 9.47 Å². The van der Waals surface area contributed by atoms with E-state index in [1.165, 1.54) is 4.70 Å². The van der Waals surface area contributed by atoms with Crippen molar-refractivity contribution in [2.24, 2.45) is 5.92 Å². The maximum Gasteiger partial charge on any atom is 0.414 e. The van der Waals surface area contributed by atoms with Crippen molar-refractivity contribution in [3.05, 3.63) is 34.8 Å². The maximum atomic E-state index is 12.8. The molecule has 1 fully saturated rings. The van der Waals surface area contributed by atoms with Gasteiger partial charge in [0.2, 0.25) is 0 Å². The molecule has 1 aromatic heterocycles. The van der Waals surface area contributed by atoms with Crippen molar-refractivity contribution in [1.29, 1.82) is 0 Å². The molecule has 3 heterocycles. The Kier molecular flexibility index (Phi) is 5.19. The van der Waals surface area contributed by atoms with Crippen LogP contribution in [-0.4, -0.2) is 41.3 Å². The SMILES string of the molecule is C[C@H]1CC=C(c2ccc3sc(C4CCOC4)nc3c2)N(C(=O)OC(C)(C)C)C1. The van der Waals surface area contributed by atoms with Crippen LogP contribution in [0.1, 0.15) is 57.0 Å². The third-order valence-electron chi connectivity index (χ3n) is 5.09. The van der Waals surface area contributed by atoms with Gasteiger partial charge in [0.15, 0.2) is 0 Å². The van der Waals surface area contributed by atoms with Gasteiger partial charge < -0.3 is 9.47 Å². The van der Waals surface area contributed by atoms with E-state index >= 15 is 0 Å². The molecule has 1 aromatic carbocycles. The molecule has 0 bridgehead atoms. The summed E-state index contributed by atoms with van der Waals surface area (Å²) in [6.45, 7) is 10.1. The van der Waals surface area contributed by atoms with Gasteiger partial charge in [0.1, 0.15) is 5.60 Å². The van der Waals surface area contributed by atoms with E-state index in [2.05, 4.69) is 31.2 Å². The minimum absolute atomic E-state index is 0.285. The van der Waals surface area contributed by atoms with E-state index < -0.39 is 5.60 Å². The van der Waals surface area contributed by atoms with Crippen LogP contribution in [0.4, 0.5) is 4.79 Å². The third kappa shape index (κ3) is 4.08. The van der Waals surface area contributed by atoms with Crippen LogP contribution in [0.5, 0.6) is 0 Å². The van der Waals surface area contributed by atoms with Gasteiger partial charge in [-0.25, -0.2) is 9.78 Å². The predicted octanol–water partition coefficient (Wildman–Crippen LogP) is 5.42. The summed E-state index contributed by atoms with van der Waals surface area (Å²) in [6.07, 6.45) is 3.86. The number of amides is 1. The van der Waals surface area contributed by atoms with E-state index in [4.69, 9.17) is 14.5 Å². The largest absolute Gasteiger partial charge is 0.443 e. The lowest BCUT2D eigenvalue weighted by molar-refractivity contribution is 0.0327. The molecular formula is C22H28N2O3S. The fourth-order valence-electron chi connectivity index (χ4n) is 3.68. The Morgan fingerprint density at radius 1 is 1.36 bits per heavy atom. The average molecular weight is 401 g/mol. The van der Waals surface area contributed by atoms with Crippen LogP contribution in [0.2, 0.25) is 0 Å². The summed E-state index contributed by atoms with van der Waals surface area (Å²) < 4.78 is 12.4. The number of nitrogens with zero attached hydrogens (tertiary/aromatic N) is 2. The monoisotopic (exact) mass is 400 g/mol. The predicted molar refractivity (Wildman–Crippen MR) is 112 cm³/mol. The normalized spacial score (nSPS) is 23.1. The molecule has 0 radical (unpaired) electrons. The summed E-state index contributed by atoms with van der Waals surface area (Å²) in [4.78, 5) is 19.5. The Bertz CT molecular complexity index is 906. The molecule has 2 aliphatic heterocycles. The van der Waals surface area contributed by atoms with Crippen molar-refractivity contribution >= 4 is 33.3 Å². The summed E-state index contributed by atoms with van der Waals surface area (Å²) in [6, 6.07) is 6.31. The molecular weight excluding hydrogens is 372 g/mol. The molecule has 1 unspecified atom stereocenters. The number of carbonyl (C=O) groups is 1. The highest BCUT2D eigenvalue weighted by Gasteiger charge is 2.29. The van der Waals surface area contributed by atoms with E-state index in [9.17, 15) is 4.79 Å². The molecule has 4 rings (SSSR count). The summed E-state index contributed by atoms with van der Waals surface area (Å²) in [5, 5.41) is 1.15. The molecule has 0 N–H and O–H groups in total. The number of aromatic nitrogens is 1. The highest BCUT2D eigenvalue weighted by molar-refractivity contribution is 7.18. The Labute approximate surface area is 170 Å². The quantitative estimate of drug-likeness (QED) is 0.676. The van der Waals surface area contributed by atoms with Gasteiger partial charge >= 0.3 is 6.09 Å². The van der Waals surface area contributed by atoms with Crippen LogP contribution < -0.4 is 0 Å². The summed E-state index contributed by atoms with van der Waals surface area (Å²) in [5.41, 5.74) is 2.42. The second kappa shape index (κ2) is 7.48. The molecule has 0 aliphatic carbocycles. The molecule has 2 aromatic rings. The molecule has 0 spiro atoms. The molecule has 28 heavy (non-hydrogen) atoms. The van der Waals surface area contributed by atoms with Crippen LogP contribution >= 0.6 is 11.3 Å². The summed E-state index contributed by atoms with van der Waals surface area (Å²) in [7, 11) is 0. The number of allylic oxidation sites excluding steroid dienone is 1. The van der Waals surface area contributed by atoms with E-state index in [-0.39, 0.29) is 6.09 Å². The van der Waals surface area contributed by atoms with Gasteiger partial charge in [-0.3, -0.25) is 4.90 Å². The highest BCUT2D eigenvalue weighted by atomic mass is 32.1. The first-order valence-corrected chi connectivity index (χ1v) is 10.8. The van der Waals surface area contributed by atoms with Gasteiger partial charge in [-0.2, -0.15) is 0 Å². The van der Waals surface area contributed by atoms with Crippen molar-refractivity contribution < 1.29 is 14.3 Å². The Balaban J connectivity index is 1.65. The summed E-state index contributed by atoms with van der Waals surface area (Å²) >= 11 is 1.75.